The average Bonchev–Trinajstić information content (AvgIpc) is 2.68. The van der Waals surface area contributed by atoms with Gasteiger partial charge in [-0.25, -0.2) is 9.07 Å². The van der Waals surface area contributed by atoms with Gasteiger partial charge >= 0.3 is 0 Å². The lowest BCUT2D eigenvalue weighted by molar-refractivity contribution is -0.119. The largest absolute Gasteiger partial charge is 0.497 e. The molecular weight excluding hydrogens is 373 g/mol. The van der Waals surface area contributed by atoms with Crippen molar-refractivity contribution >= 4 is 11.6 Å². The number of carbonyl (C=O) groups excluding carboxylic acids is 1. The number of hydrogen-bond donors (Lipinski definition) is 1. The molecule has 2 aromatic carbocycles. The van der Waals surface area contributed by atoms with E-state index >= 15 is 0 Å². The molecule has 1 amide bonds. The summed E-state index contributed by atoms with van der Waals surface area (Å²) in [5, 5.41) is 7.04. The maximum Gasteiger partial charge on any atom is 0.270 e. The Kier molecular flexibility index (Phi) is 5.77. The number of aryl methyl sites for hydroxylation is 2. The van der Waals surface area contributed by atoms with Crippen molar-refractivity contribution in [3.63, 3.8) is 0 Å². The molecule has 0 aliphatic heterocycles. The van der Waals surface area contributed by atoms with E-state index in [9.17, 15) is 14.0 Å². The first-order valence-corrected chi connectivity index (χ1v) is 9.11. The van der Waals surface area contributed by atoms with E-state index in [0.717, 1.165) is 10.2 Å². The van der Waals surface area contributed by atoms with Crippen LogP contribution in [0.25, 0.3) is 11.3 Å². The maximum absolute atomic E-state index is 13.6. The minimum Gasteiger partial charge on any atom is -0.497 e. The lowest BCUT2D eigenvalue weighted by Crippen LogP contribution is -2.34. The fourth-order valence-electron chi connectivity index (χ4n) is 2.99. The van der Waals surface area contributed by atoms with E-state index in [4.69, 9.17) is 4.74 Å². The number of amides is 1. The number of nitrogens with zero attached hydrogens (tertiary/aromatic N) is 2. The first kappa shape index (κ1) is 20.3. The first-order chi connectivity index (χ1) is 13.8. The third-order valence-electron chi connectivity index (χ3n) is 4.54. The zero-order valence-corrected chi connectivity index (χ0v) is 16.7. The number of rotatable bonds is 5. The smallest absolute Gasteiger partial charge is 0.270 e. The van der Waals surface area contributed by atoms with Crippen molar-refractivity contribution in [1.29, 1.82) is 0 Å². The summed E-state index contributed by atoms with van der Waals surface area (Å²) in [5.41, 5.74) is 2.40. The highest BCUT2D eigenvalue weighted by Gasteiger charge is 2.20. The summed E-state index contributed by atoms with van der Waals surface area (Å²) >= 11 is 0. The molecule has 3 aromatic rings. The Hall–Kier alpha value is -3.48. The van der Waals surface area contributed by atoms with Crippen molar-refractivity contribution in [2.75, 3.05) is 12.4 Å². The standard InChI is InChI=1S/C22H22FN3O3/c1-13-8-17(23)12-18(9-13)24-21(27)15(3)26-22(28)14(2)10-20(25-26)16-6-5-7-19(11-16)29-4/h5-12,15H,1-4H3,(H,24,27). The summed E-state index contributed by atoms with van der Waals surface area (Å²) < 4.78 is 20.0. The number of anilines is 1. The fraction of sp³-hybridized carbons (Fsp3) is 0.227. The summed E-state index contributed by atoms with van der Waals surface area (Å²) in [5.74, 6) is -0.252. The van der Waals surface area contributed by atoms with Crippen molar-refractivity contribution < 1.29 is 13.9 Å². The van der Waals surface area contributed by atoms with E-state index in [2.05, 4.69) is 10.4 Å². The zero-order chi connectivity index (χ0) is 21.1. The minimum absolute atomic E-state index is 0.327. The molecule has 3 rings (SSSR count). The second kappa shape index (κ2) is 8.26. The number of ether oxygens (including phenoxy) is 1. The van der Waals surface area contributed by atoms with Crippen LogP contribution < -0.4 is 15.6 Å². The van der Waals surface area contributed by atoms with Gasteiger partial charge in [0.05, 0.1) is 12.8 Å². The molecule has 1 aromatic heterocycles. The number of benzene rings is 2. The minimum atomic E-state index is -0.893. The van der Waals surface area contributed by atoms with Crippen LogP contribution in [0.5, 0.6) is 5.75 Å². The lowest BCUT2D eigenvalue weighted by atomic mass is 10.1. The molecule has 1 N–H and O–H groups in total. The first-order valence-electron chi connectivity index (χ1n) is 9.11. The summed E-state index contributed by atoms with van der Waals surface area (Å²) in [6.45, 7) is 4.98. The topological polar surface area (TPSA) is 73.2 Å². The van der Waals surface area contributed by atoms with Crippen LogP contribution in [0.3, 0.4) is 0 Å². The second-order valence-electron chi connectivity index (χ2n) is 6.88. The van der Waals surface area contributed by atoms with Gasteiger partial charge in [0, 0.05) is 16.8 Å². The van der Waals surface area contributed by atoms with E-state index in [1.165, 1.54) is 12.1 Å². The van der Waals surface area contributed by atoms with Crippen LogP contribution in [0.15, 0.2) is 53.3 Å². The fourth-order valence-corrected chi connectivity index (χ4v) is 2.99. The Morgan fingerprint density at radius 2 is 1.93 bits per heavy atom. The van der Waals surface area contributed by atoms with E-state index < -0.39 is 17.8 Å². The summed E-state index contributed by atoms with van der Waals surface area (Å²) in [4.78, 5) is 25.3. The molecule has 29 heavy (non-hydrogen) atoms. The SMILES string of the molecule is COc1cccc(-c2cc(C)c(=O)n(C(C)C(=O)Nc3cc(C)cc(F)c3)n2)c1. The van der Waals surface area contributed by atoms with Gasteiger partial charge in [-0.2, -0.15) is 5.10 Å². The average molecular weight is 395 g/mol. The molecule has 1 atom stereocenters. The van der Waals surface area contributed by atoms with Gasteiger partial charge in [-0.1, -0.05) is 12.1 Å². The predicted molar refractivity (Wildman–Crippen MR) is 110 cm³/mol. The predicted octanol–water partition coefficient (Wildman–Crippen LogP) is 3.87. The van der Waals surface area contributed by atoms with Crippen LogP contribution >= 0.6 is 0 Å². The number of aromatic nitrogens is 2. The molecule has 6 nitrogen and oxygen atoms in total. The monoisotopic (exact) mass is 395 g/mol. The van der Waals surface area contributed by atoms with Crippen LogP contribution in [0.1, 0.15) is 24.1 Å². The summed E-state index contributed by atoms with van der Waals surface area (Å²) in [6.07, 6.45) is 0. The number of methoxy groups -OCH3 is 1. The Bertz CT molecular complexity index is 1100. The molecule has 150 valence electrons. The van der Waals surface area contributed by atoms with Gasteiger partial charge in [-0.3, -0.25) is 9.59 Å². The van der Waals surface area contributed by atoms with E-state index in [1.807, 2.05) is 18.2 Å². The second-order valence-corrected chi connectivity index (χ2v) is 6.88. The molecule has 7 heteroatoms. The third-order valence-corrected chi connectivity index (χ3v) is 4.54. The van der Waals surface area contributed by atoms with Crippen LogP contribution in [0.4, 0.5) is 10.1 Å². The Labute approximate surface area is 168 Å². The molecule has 0 saturated carbocycles. The van der Waals surface area contributed by atoms with Gasteiger partial charge in [0.1, 0.15) is 17.6 Å². The van der Waals surface area contributed by atoms with Crippen molar-refractivity contribution in [3.8, 4) is 17.0 Å². The van der Waals surface area contributed by atoms with Crippen LogP contribution in [0.2, 0.25) is 0 Å². The highest BCUT2D eigenvalue weighted by Crippen LogP contribution is 2.22. The molecule has 0 radical (unpaired) electrons. The van der Waals surface area contributed by atoms with Gasteiger partial charge in [0.25, 0.3) is 5.56 Å². The van der Waals surface area contributed by atoms with Crippen molar-refractivity contribution in [2.45, 2.75) is 26.8 Å². The normalized spacial score (nSPS) is 11.8. The van der Waals surface area contributed by atoms with E-state index in [0.29, 0.717) is 28.3 Å². The maximum atomic E-state index is 13.6. The zero-order valence-electron chi connectivity index (χ0n) is 16.7. The van der Waals surface area contributed by atoms with Gasteiger partial charge in [-0.15, -0.1) is 0 Å². The van der Waals surface area contributed by atoms with Crippen LogP contribution in [-0.4, -0.2) is 22.8 Å². The number of carbonyl (C=O) groups is 1. The number of nitrogens with one attached hydrogen (secondary N) is 1. The molecule has 1 heterocycles. The van der Waals surface area contributed by atoms with Crippen molar-refractivity contribution in [1.82, 2.24) is 9.78 Å². The molecular formula is C22H22FN3O3. The van der Waals surface area contributed by atoms with Crippen molar-refractivity contribution in [2.24, 2.45) is 0 Å². The molecule has 0 saturated heterocycles. The molecule has 0 bridgehead atoms. The number of halogens is 1. The van der Waals surface area contributed by atoms with Crippen LogP contribution in [-0.2, 0) is 4.79 Å². The summed E-state index contributed by atoms with van der Waals surface area (Å²) in [7, 11) is 1.57. The quantitative estimate of drug-likeness (QED) is 0.712. The summed E-state index contributed by atoms with van der Waals surface area (Å²) in [6, 6.07) is 12.3. The van der Waals surface area contributed by atoms with Crippen molar-refractivity contribution in [3.05, 3.63) is 75.8 Å². The molecule has 0 aliphatic rings. The van der Waals surface area contributed by atoms with E-state index in [1.54, 1.807) is 46.1 Å². The molecule has 0 fully saturated rings. The Morgan fingerprint density at radius 3 is 2.62 bits per heavy atom. The highest BCUT2D eigenvalue weighted by atomic mass is 19.1. The number of hydrogen-bond acceptors (Lipinski definition) is 4. The van der Waals surface area contributed by atoms with Gasteiger partial charge < -0.3 is 10.1 Å². The third kappa shape index (κ3) is 4.51. The molecule has 0 aliphatic carbocycles. The molecule has 0 spiro atoms. The van der Waals surface area contributed by atoms with E-state index in [-0.39, 0.29) is 5.56 Å². The molecule has 1 unspecified atom stereocenters. The Balaban J connectivity index is 1.95. The van der Waals surface area contributed by atoms with Gasteiger partial charge in [-0.05, 0) is 62.7 Å². The van der Waals surface area contributed by atoms with Gasteiger partial charge in [0.15, 0.2) is 0 Å². The van der Waals surface area contributed by atoms with Crippen LogP contribution in [0, 0.1) is 19.7 Å². The highest BCUT2D eigenvalue weighted by molar-refractivity contribution is 5.93. The lowest BCUT2D eigenvalue weighted by Gasteiger charge is -2.16. The Morgan fingerprint density at radius 1 is 1.17 bits per heavy atom. The van der Waals surface area contributed by atoms with Gasteiger partial charge in [0.2, 0.25) is 5.91 Å².